The van der Waals surface area contributed by atoms with Crippen molar-refractivity contribution in [1.29, 1.82) is 0 Å². The van der Waals surface area contributed by atoms with E-state index in [2.05, 4.69) is 14.8 Å². The van der Waals surface area contributed by atoms with E-state index in [0.29, 0.717) is 5.56 Å². The monoisotopic (exact) mass is 341 g/mol. The number of hydrogen-bond acceptors (Lipinski definition) is 7. The van der Waals surface area contributed by atoms with Crippen molar-refractivity contribution in [1.82, 2.24) is 4.98 Å². The van der Waals surface area contributed by atoms with Crippen molar-refractivity contribution >= 4 is 23.0 Å². The number of benzene rings is 1. The van der Waals surface area contributed by atoms with Crippen LogP contribution in [0.2, 0.25) is 0 Å². The SMILES string of the molecule is NCC(=O)c1ccc(N2CCN(c3ccc([N+](=O)[O-])cn3)CC2)cc1. The van der Waals surface area contributed by atoms with Crippen LogP contribution >= 0.6 is 0 Å². The van der Waals surface area contributed by atoms with Crippen LogP contribution in [0.1, 0.15) is 10.4 Å². The molecule has 8 nitrogen and oxygen atoms in total. The number of hydrogen-bond donors (Lipinski definition) is 1. The summed E-state index contributed by atoms with van der Waals surface area (Å²) in [5.74, 6) is 0.676. The van der Waals surface area contributed by atoms with Gasteiger partial charge in [0.15, 0.2) is 5.78 Å². The van der Waals surface area contributed by atoms with E-state index in [4.69, 9.17) is 5.73 Å². The first-order chi connectivity index (χ1) is 12.1. The molecule has 1 fully saturated rings. The summed E-state index contributed by atoms with van der Waals surface area (Å²) in [6.07, 6.45) is 1.29. The Morgan fingerprint density at radius 2 is 1.72 bits per heavy atom. The number of rotatable bonds is 5. The Bertz CT molecular complexity index is 753. The van der Waals surface area contributed by atoms with Crippen molar-refractivity contribution in [3.8, 4) is 0 Å². The number of pyridine rings is 1. The lowest BCUT2D eigenvalue weighted by atomic mass is 10.1. The van der Waals surface area contributed by atoms with E-state index in [1.54, 1.807) is 18.2 Å². The predicted molar refractivity (Wildman–Crippen MR) is 95.1 cm³/mol. The van der Waals surface area contributed by atoms with E-state index in [0.717, 1.165) is 37.7 Å². The van der Waals surface area contributed by atoms with Crippen LogP contribution in [0.5, 0.6) is 0 Å². The number of nitrogens with two attached hydrogens (primary N) is 1. The zero-order chi connectivity index (χ0) is 17.8. The summed E-state index contributed by atoms with van der Waals surface area (Å²) in [5.41, 5.74) is 7.05. The molecule has 1 aliphatic heterocycles. The van der Waals surface area contributed by atoms with Gasteiger partial charge >= 0.3 is 0 Å². The summed E-state index contributed by atoms with van der Waals surface area (Å²) in [6.45, 7) is 3.18. The number of piperazine rings is 1. The summed E-state index contributed by atoms with van der Waals surface area (Å²) in [5, 5.41) is 10.7. The second-order valence-corrected chi connectivity index (χ2v) is 5.78. The van der Waals surface area contributed by atoms with Gasteiger partial charge in [0.25, 0.3) is 5.69 Å². The zero-order valence-corrected chi connectivity index (χ0v) is 13.7. The molecule has 1 aliphatic rings. The van der Waals surface area contributed by atoms with Crippen LogP contribution in [0, 0.1) is 10.1 Å². The van der Waals surface area contributed by atoms with Crippen molar-refractivity contribution in [3.05, 3.63) is 58.3 Å². The molecule has 1 saturated heterocycles. The Kier molecular flexibility index (Phi) is 4.90. The van der Waals surface area contributed by atoms with Crippen molar-refractivity contribution in [2.24, 2.45) is 5.73 Å². The zero-order valence-electron chi connectivity index (χ0n) is 13.7. The van der Waals surface area contributed by atoms with Crippen molar-refractivity contribution < 1.29 is 9.72 Å². The van der Waals surface area contributed by atoms with Crippen molar-refractivity contribution in [2.45, 2.75) is 0 Å². The highest BCUT2D eigenvalue weighted by Gasteiger charge is 2.19. The van der Waals surface area contributed by atoms with Crippen LogP contribution < -0.4 is 15.5 Å². The summed E-state index contributed by atoms with van der Waals surface area (Å²) in [7, 11) is 0. The third-order valence-corrected chi connectivity index (χ3v) is 4.29. The van der Waals surface area contributed by atoms with Crippen LogP contribution in [-0.2, 0) is 0 Å². The van der Waals surface area contributed by atoms with Crippen LogP contribution in [0.15, 0.2) is 42.6 Å². The van der Waals surface area contributed by atoms with E-state index < -0.39 is 4.92 Å². The molecule has 2 N–H and O–H groups in total. The first-order valence-electron chi connectivity index (χ1n) is 8.02. The number of anilines is 2. The topological polar surface area (TPSA) is 106 Å². The fourth-order valence-electron chi connectivity index (χ4n) is 2.84. The Morgan fingerprint density at radius 3 is 2.24 bits per heavy atom. The van der Waals surface area contributed by atoms with E-state index in [1.165, 1.54) is 12.3 Å². The maximum absolute atomic E-state index is 11.6. The molecule has 0 unspecified atom stereocenters. The molecular weight excluding hydrogens is 322 g/mol. The largest absolute Gasteiger partial charge is 0.368 e. The average Bonchev–Trinajstić information content (AvgIpc) is 2.67. The first kappa shape index (κ1) is 16.8. The highest BCUT2D eigenvalue weighted by atomic mass is 16.6. The molecule has 0 amide bonds. The summed E-state index contributed by atoms with van der Waals surface area (Å²) >= 11 is 0. The Hall–Kier alpha value is -3.00. The van der Waals surface area contributed by atoms with Crippen LogP contribution in [0.4, 0.5) is 17.2 Å². The van der Waals surface area contributed by atoms with Gasteiger partial charge in [-0.25, -0.2) is 4.98 Å². The maximum atomic E-state index is 11.6. The molecule has 130 valence electrons. The van der Waals surface area contributed by atoms with Gasteiger partial charge < -0.3 is 15.5 Å². The first-order valence-corrected chi connectivity index (χ1v) is 8.02. The number of carbonyl (C=O) groups excluding carboxylic acids is 1. The molecule has 0 bridgehead atoms. The number of nitro groups is 1. The van der Waals surface area contributed by atoms with Gasteiger partial charge in [0, 0.05) is 43.5 Å². The minimum Gasteiger partial charge on any atom is -0.368 e. The molecule has 2 heterocycles. The molecule has 0 spiro atoms. The number of Topliss-reactive ketones (excluding diaryl/α,β-unsaturated/α-hetero) is 1. The molecule has 0 atom stereocenters. The van der Waals surface area contributed by atoms with Gasteiger partial charge in [0.2, 0.25) is 0 Å². The number of carbonyl (C=O) groups is 1. The molecule has 0 saturated carbocycles. The minimum absolute atomic E-state index is 0.00509. The van der Waals surface area contributed by atoms with Crippen molar-refractivity contribution in [3.63, 3.8) is 0 Å². The molecule has 3 rings (SSSR count). The molecule has 1 aromatic carbocycles. The van der Waals surface area contributed by atoms with Gasteiger partial charge in [-0.1, -0.05) is 0 Å². The molecule has 0 radical (unpaired) electrons. The summed E-state index contributed by atoms with van der Waals surface area (Å²) < 4.78 is 0. The van der Waals surface area contributed by atoms with Gasteiger partial charge in [-0.15, -0.1) is 0 Å². The number of aromatic nitrogens is 1. The van der Waals surface area contributed by atoms with Crippen LogP contribution in [-0.4, -0.2) is 48.4 Å². The smallest absolute Gasteiger partial charge is 0.287 e. The standard InChI is InChI=1S/C17H19N5O3/c18-11-16(23)13-1-3-14(4-2-13)20-7-9-21(10-8-20)17-6-5-15(12-19-17)22(24)25/h1-6,12H,7-11,18H2. The maximum Gasteiger partial charge on any atom is 0.287 e. The van der Waals surface area contributed by atoms with E-state index in [-0.39, 0.29) is 18.0 Å². The molecule has 25 heavy (non-hydrogen) atoms. The number of ketones is 1. The molecular formula is C17H19N5O3. The highest BCUT2D eigenvalue weighted by Crippen LogP contribution is 2.21. The third kappa shape index (κ3) is 3.74. The molecule has 2 aromatic rings. The second kappa shape index (κ2) is 7.27. The molecule has 8 heteroatoms. The van der Waals surface area contributed by atoms with Crippen LogP contribution in [0.25, 0.3) is 0 Å². The normalized spacial score (nSPS) is 14.4. The van der Waals surface area contributed by atoms with Gasteiger partial charge in [0.1, 0.15) is 12.0 Å². The lowest BCUT2D eigenvalue weighted by Gasteiger charge is -2.36. The predicted octanol–water partition coefficient (Wildman–Crippen LogP) is 1.46. The minimum atomic E-state index is -0.451. The van der Waals surface area contributed by atoms with E-state index in [9.17, 15) is 14.9 Å². The fourth-order valence-corrected chi connectivity index (χ4v) is 2.84. The second-order valence-electron chi connectivity index (χ2n) is 5.78. The van der Waals surface area contributed by atoms with Gasteiger partial charge in [-0.05, 0) is 30.3 Å². The quantitative estimate of drug-likeness (QED) is 0.498. The highest BCUT2D eigenvalue weighted by molar-refractivity contribution is 5.97. The van der Waals surface area contributed by atoms with Crippen LogP contribution in [0.3, 0.4) is 0 Å². The fraction of sp³-hybridized carbons (Fsp3) is 0.294. The Morgan fingerprint density at radius 1 is 1.08 bits per heavy atom. The molecule has 0 aliphatic carbocycles. The lowest BCUT2D eigenvalue weighted by Crippen LogP contribution is -2.46. The summed E-state index contributed by atoms with van der Waals surface area (Å²) in [6, 6.07) is 10.6. The average molecular weight is 341 g/mol. The van der Waals surface area contributed by atoms with Gasteiger partial charge in [-0.3, -0.25) is 14.9 Å². The van der Waals surface area contributed by atoms with Gasteiger partial charge in [-0.2, -0.15) is 0 Å². The van der Waals surface area contributed by atoms with E-state index in [1.807, 2.05) is 12.1 Å². The van der Waals surface area contributed by atoms with E-state index >= 15 is 0 Å². The van der Waals surface area contributed by atoms with Gasteiger partial charge in [0.05, 0.1) is 11.5 Å². The lowest BCUT2D eigenvalue weighted by molar-refractivity contribution is -0.385. The Labute approximate surface area is 145 Å². The summed E-state index contributed by atoms with van der Waals surface area (Å²) in [4.78, 5) is 30.3. The Balaban J connectivity index is 1.61. The van der Waals surface area contributed by atoms with Crippen molar-refractivity contribution in [2.75, 3.05) is 42.5 Å². The molecule has 1 aromatic heterocycles. The number of nitrogens with zero attached hydrogens (tertiary/aromatic N) is 4. The third-order valence-electron chi connectivity index (χ3n) is 4.29.